The Labute approximate surface area is 173 Å². The second kappa shape index (κ2) is 7.22. The highest BCUT2D eigenvalue weighted by Gasteiger charge is 2.39. The van der Waals surface area contributed by atoms with Gasteiger partial charge in [-0.1, -0.05) is 0 Å². The number of anilines is 2. The molecule has 0 radical (unpaired) electrons. The fourth-order valence-electron chi connectivity index (χ4n) is 5.01. The van der Waals surface area contributed by atoms with Gasteiger partial charge in [0.2, 0.25) is 0 Å². The lowest BCUT2D eigenvalue weighted by molar-refractivity contribution is 0.0728. The number of pyridine rings is 1. The number of hydrogen-bond acceptors (Lipinski definition) is 8. The number of rotatable bonds is 4. The van der Waals surface area contributed by atoms with E-state index in [0.717, 1.165) is 61.0 Å². The van der Waals surface area contributed by atoms with Crippen LogP contribution in [-0.4, -0.2) is 87.8 Å². The van der Waals surface area contributed by atoms with Gasteiger partial charge in [-0.25, -0.2) is 4.98 Å². The predicted octanol–water partition coefficient (Wildman–Crippen LogP) is 0.709. The zero-order chi connectivity index (χ0) is 20.1. The van der Waals surface area contributed by atoms with Gasteiger partial charge >= 0.3 is 0 Å². The van der Waals surface area contributed by atoms with Crippen LogP contribution in [0, 0.1) is 0 Å². The molecule has 3 fully saturated rings. The average Bonchev–Trinajstić information content (AvgIpc) is 3.51. The number of H-pyrrole nitrogens is 1. The van der Waals surface area contributed by atoms with Crippen molar-refractivity contribution in [2.24, 2.45) is 0 Å². The number of nitrogens with zero attached hydrogens (tertiary/aromatic N) is 6. The van der Waals surface area contributed by atoms with Crippen LogP contribution in [0.4, 0.5) is 11.5 Å². The molecule has 3 saturated heterocycles. The molecule has 0 amide bonds. The smallest absolute Gasteiger partial charge is 0.169 e. The van der Waals surface area contributed by atoms with Gasteiger partial charge in [0.1, 0.15) is 5.82 Å². The largest absolute Gasteiger partial charge is 0.394 e. The fraction of sp³-hybridized carbons (Fsp3) is 0.550. The van der Waals surface area contributed by atoms with Gasteiger partial charge in [-0.15, -0.1) is 0 Å². The monoisotopic (exact) mass is 411 g/mol. The molecule has 158 valence electrons. The first-order chi connectivity index (χ1) is 14.8. The SMILES string of the molecule is OC[C@H]1COCCN1c1cc(N2C3CCC2COC3)nc2c1cnn2-c1ccn[nH]1. The molecule has 2 unspecified atom stereocenters. The maximum atomic E-state index is 9.96. The Morgan fingerprint density at radius 1 is 1.17 bits per heavy atom. The van der Waals surface area contributed by atoms with E-state index in [1.165, 1.54) is 0 Å². The van der Waals surface area contributed by atoms with Crippen molar-refractivity contribution in [1.82, 2.24) is 25.0 Å². The van der Waals surface area contributed by atoms with E-state index in [1.807, 2.05) is 12.3 Å². The van der Waals surface area contributed by atoms with E-state index in [0.29, 0.717) is 25.3 Å². The first-order valence-corrected chi connectivity index (χ1v) is 10.5. The number of aromatic amines is 1. The lowest BCUT2D eigenvalue weighted by Gasteiger charge is -2.39. The Hall–Kier alpha value is -2.69. The number of aliphatic hydroxyl groups is 1. The molecule has 2 N–H and O–H groups in total. The van der Waals surface area contributed by atoms with Crippen molar-refractivity contribution < 1.29 is 14.6 Å². The molecular formula is C20H25N7O3. The molecule has 0 aromatic carbocycles. The van der Waals surface area contributed by atoms with Crippen LogP contribution in [0.1, 0.15) is 12.8 Å². The van der Waals surface area contributed by atoms with Crippen molar-refractivity contribution in [2.45, 2.75) is 31.0 Å². The van der Waals surface area contributed by atoms with Crippen molar-refractivity contribution in [2.75, 3.05) is 49.4 Å². The van der Waals surface area contributed by atoms with Gasteiger partial charge in [-0.3, -0.25) is 5.10 Å². The number of aromatic nitrogens is 5. The Morgan fingerprint density at radius 3 is 2.80 bits per heavy atom. The Bertz CT molecular complexity index is 1020. The molecule has 0 aliphatic carbocycles. The van der Waals surface area contributed by atoms with E-state index >= 15 is 0 Å². The lowest BCUT2D eigenvalue weighted by Crippen LogP contribution is -2.48. The fourth-order valence-corrected chi connectivity index (χ4v) is 5.01. The minimum Gasteiger partial charge on any atom is -0.394 e. The van der Waals surface area contributed by atoms with Crippen LogP contribution >= 0.6 is 0 Å². The molecule has 6 rings (SSSR count). The molecule has 0 spiro atoms. The topological polar surface area (TPSA) is 105 Å². The Balaban J connectivity index is 1.53. The summed E-state index contributed by atoms with van der Waals surface area (Å²) in [7, 11) is 0. The number of aliphatic hydroxyl groups excluding tert-OH is 1. The summed E-state index contributed by atoms with van der Waals surface area (Å²) in [6.07, 6.45) is 5.80. The number of nitrogens with one attached hydrogen (secondary N) is 1. The number of hydrogen-bond donors (Lipinski definition) is 2. The van der Waals surface area contributed by atoms with Gasteiger partial charge in [0, 0.05) is 18.7 Å². The summed E-state index contributed by atoms with van der Waals surface area (Å²) in [6.45, 7) is 3.37. The average molecular weight is 411 g/mol. The number of fused-ring (bicyclic) bond motifs is 3. The van der Waals surface area contributed by atoms with E-state index in [9.17, 15) is 5.11 Å². The Kier molecular flexibility index (Phi) is 4.36. The summed E-state index contributed by atoms with van der Waals surface area (Å²) in [4.78, 5) is 9.72. The third-order valence-corrected chi connectivity index (χ3v) is 6.47. The van der Waals surface area contributed by atoms with Crippen LogP contribution in [0.25, 0.3) is 16.9 Å². The van der Waals surface area contributed by atoms with Crippen molar-refractivity contribution in [1.29, 1.82) is 0 Å². The normalized spacial score (nSPS) is 26.6. The molecular weight excluding hydrogens is 386 g/mol. The van der Waals surface area contributed by atoms with Crippen LogP contribution < -0.4 is 9.80 Å². The summed E-state index contributed by atoms with van der Waals surface area (Å²) in [6, 6.07) is 4.65. The van der Waals surface area contributed by atoms with Gasteiger partial charge in [-0.05, 0) is 12.8 Å². The molecule has 0 saturated carbocycles. The van der Waals surface area contributed by atoms with Crippen LogP contribution in [0.2, 0.25) is 0 Å². The van der Waals surface area contributed by atoms with Gasteiger partial charge in [0.25, 0.3) is 0 Å². The summed E-state index contributed by atoms with van der Waals surface area (Å²) in [5, 5.41) is 22.6. The molecule has 10 nitrogen and oxygen atoms in total. The second-order valence-electron chi connectivity index (χ2n) is 8.17. The highest BCUT2D eigenvalue weighted by atomic mass is 16.5. The molecule has 3 aliphatic heterocycles. The van der Waals surface area contributed by atoms with E-state index in [2.05, 4.69) is 31.2 Å². The third kappa shape index (κ3) is 2.78. The van der Waals surface area contributed by atoms with Crippen LogP contribution in [0.3, 0.4) is 0 Å². The molecule has 6 heterocycles. The van der Waals surface area contributed by atoms with Crippen LogP contribution in [-0.2, 0) is 9.47 Å². The third-order valence-electron chi connectivity index (χ3n) is 6.47. The van der Waals surface area contributed by atoms with Gasteiger partial charge in [0.15, 0.2) is 11.5 Å². The number of ether oxygens (including phenoxy) is 2. The van der Waals surface area contributed by atoms with Crippen LogP contribution in [0.15, 0.2) is 24.5 Å². The van der Waals surface area contributed by atoms with E-state index < -0.39 is 0 Å². The highest BCUT2D eigenvalue weighted by Crippen LogP contribution is 2.38. The summed E-state index contributed by atoms with van der Waals surface area (Å²) in [5.41, 5.74) is 1.81. The van der Waals surface area contributed by atoms with Crippen molar-refractivity contribution >= 4 is 22.5 Å². The number of morpholine rings is 2. The summed E-state index contributed by atoms with van der Waals surface area (Å²) in [5.74, 6) is 1.71. The Morgan fingerprint density at radius 2 is 2.03 bits per heavy atom. The first kappa shape index (κ1) is 18.1. The second-order valence-corrected chi connectivity index (χ2v) is 8.17. The standard InChI is InChI=1S/C20H25N7O3/c28-9-15-12-29-6-5-25(15)17-7-19(26-13-1-2-14(26)11-30-10-13)23-20-16(17)8-22-27(20)18-3-4-21-24-18/h3-4,7-8,13-15,28H,1-2,5-6,9-12H2,(H,21,24)/t13?,14?,15-/m0/s1. The van der Waals surface area contributed by atoms with E-state index in [1.54, 1.807) is 10.9 Å². The van der Waals surface area contributed by atoms with Crippen LogP contribution in [0.5, 0.6) is 0 Å². The highest BCUT2D eigenvalue weighted by molar-refractivity contribution is 5.92. The van der Waals surface area contributed by atoms with E-state index in [4.69, 9.17) is 14.5 Å². The quantitative estimate of drug-likeness (QED) is 0.647. The minimum absolute atomic E-state index is 0.0383. The predicted molar refractivity (Wildman–Crippen MR) is 110 cm³/mol. The molecule has 3 aliphatic rings. The first-order valence-electron chi connectivity index (χ1n) is 10.5. The maximum absolute atomic E-state index is 9.96. The van der Waals surface area contributed by atoms with Gasteiger partial charge in [0.05, 0.1) is 74.6 Å². The lowest BCUT2D eigenvalue weighted by atomic mass is 10.1. The maximum Gasteiger partial charge on any atom is 0.169 e. The molecule has 3 aromatic rings. The van der Waals surface area contributed by atoms with Gasteiger partial charge < -0.3 is 24.4 Å². The summed E-state index contributed by atoms with van der Waals surface area (Å²) < 4.78 is 13.2. The molecule has 3 aromatic heterocycles. The molecule has 2 bridgehead atoms. The van der Waals surface area contributed by atoms with Crippen molar-refractivity contribution in [3.8, 4) is 5.82 Å². The molecule has 3 atom stereocenters. The van der Waals surface area contributed by atoms with Gasteiger partial charge in [-0.2, -0.15) is 14.9 Å². The minimum atomic E-state index is -0.0888. The zero-order valence-corrected chi connectivity index (χ0v) is 16.6. The molecule has 10 heteroatoms. The van der Waals surface area contributed by atoms with E-state index in [-0.39, 0.29) is 12.6 Å². The summed E-state index contributed by atoms with van der Waals surface area (Å²) >= 11 is 0. The van der Waals surface area contributed by atoms with Crippen molar-refractivity contribution in [3.05, 3.63) is 24.5 Å². The van der Waals surface area contributed by atoms with Crippen molar-refractivity contribution in [3.63, 3.8) is 0 Å². The molecule has 30 heavy (non-hydrogen) atoms. The zero-order valence-electron chi connectivity index (χ0n) is 16.6.